The first-order chi connectivity index (χ1) is 8.05. The molecule has 0 saturated carbocycles. The summed E-state index contributed by atoms with van der Waals surface area (Å²) in [5.41, 5.74) is 1.18. The fourth-order valence-electron chi connectivity index (χ4n) is 2.16. The molecule has 0 aromatic rings. The fourth-order valence-corrected chi connectivity index (χ4v) is 5.08. The van der Waals surface area contributed by atoms with Crippen molar-refractivity contribution in [2.45, 2.75) is 71.2 Å². The molecule has 0 aliphatic rings. The third-order valence-electron chi connectivity index (χ3n) is 3.75. The Morgan fingerprint density at radius 1 is 1.24 bits per heavy atom. The first-order valence-corrected chi connectivity index (χ1v) is 9.52. The predicted molar refractivity (Wildman–Crippen MR) is 80.9 cm³/mol. The summed E-state index contributed by atoms with van der Waals surface area (Å²) in [6.07, 6.45) is 5.58. The van der Waals surface area contributed by atoms with E-state index in [1.54, 1.807) is 0 Å². The summed E-state index contributed by atoms with van der Waals surface area (Å²) in [4.78, 5) is 0. The Morgan fingerprint density at radius 2 is 1.76 bits per heavy atom. The van der Waals surface area contributed by atoms with Gasteiger partial charge in [0.2, 0.25) is 0 Å². The molecule has 0 amide bonds. The van der Waals surface area contributed by atoms with Gasteiger partial charge in [0.15, 0.2) is 8.32 Å². The smallest absolute Gasteiger partial charge is 0.192 e. The lowest BCUT2D eigenvalue weighted by atomic mass is 10.1. The van der Waals surface area contributed by atoms with Crippen molar-refractivity contribution in [1.29, 1.82) is 0 Å². The highest BCUT2D eigenvalue weighted by Gasteiger charge is 2.31. The number of hydrogen-bond acceptors (Lipinski definition) is 1. The van der Waals surface area contributed by atoms with E-state index in [2.05, 4.69) is 40.9 Å². The Kier molecular flexibility index (Phi) is 8.53. The summed E-state index contributed by atoms with van der Waals surface area (Å²) < 4.78 is 6.50. The lowest BCUT2D eigenvalue weighted by Crippen LogP contribution is -2.40. The van der Waals surface area contributed by atoms with Crippen molar-refractivity contribution >= 4 is 8.32 Å². The molecule has 0 aromatic heterocycles. The fraction of sp³-hybridized carbons (Fsp3) is 0.733. The number of allylic oxidation sites excluding steroid dienone is 1. The molecule has 0 unspecified atom stereocenters. The van der Waals surface area contributed by atoms with Crippen LogP contribution in [-0.4, -0.2) is 14.4 Å². The van der Waals surface area contributed by atoms with Crippen LogP contribution in [0.4, 0.5) is 0 Å². The van der Waals surface area contributed by atoms with Gasteiger partial charge in [-0.25, -0.2) is 0 Å². The van der Waals surface area contributed by atoms with Crippen LogP contribution in [0.1, 0.15) is 47.0 Å². The van der Waals surface area contributed by atoms with E-state index in [1.165, 1.54) is 23.7 Å². The van der Waals surface area contributed by atoms with Gasteiger partial charge in [-0.3, -0.25) is 0 Å². The zero-order valence-electron chi connectivity index (χ0n) is 12.2. The summed E-state index contributed by atoms with van der Waals surface area (Å²) in [7, 11) is -1.49. The van der Waals surface area contributed by atoms with Gasteiger partial charge in [0.05, 0.1) is 6.10 Å². The van der Waals surface area contributed by atoms with Crippen molar-refractivity contribution in [1.82, 2.24) is 0 Å². The normalized spacial score (nSPS) is 13.4. The predicted octanol–water partition coefficient (Wildman–Crippen LogP) is 5.31. The van der Waals surface area contributed by atoms with Gasteiger partial charge in [-0.05, 0) is 44.3 Å². The average molecular weight is 254 g/mol. The van der Waals surface area contributed by atoms with E-state index in [4.69, 9.17) is 4.43 Å². The van der Waals surface area contributed by atoms with Crippen molar-refractivity contribution < 1.29 is 4.43 Å². The van der Waals surface area contributed by atoms with Crippen LogP contribution in [0, 0.1) is 0 Å². The molecule has 0 radical (unpaired) electrons. The van der Waals surface area contributed by atoms with Crippen LogP contribution < -0.4 is 0 Å². The van der Waals surface area contributed by atoms with Gasteiger partial charge in [0.25, 0.3) is 0 Å². The molecular formula is C15H30OSi. The minimum Gasteiger partial charge on any atom is -0.410 e. The Labute approximate surface area is 109 Å². The second-order valence-electron chi connectivity index (χ2n) is 4.92. The maximum Gasteiger partial charge on any atom is 0.192 e. The molecule has 0 spiro atoms. The molecule has 0 aliphatic carbocycles. The Bertz CT molecular complexity index is 223. The quantitative estimate of drug-likeness (QED) is 0.292. The minimum absolute atomic E-state index is 0.265. The van der Waals surface area contributed by atoms with Gasteiger partial charge in [0, 0.05) is 0 Å². The maximum absolute atomic E-state index is 6.50. The molecule has 0 aromatic carbocycles. The van der Waals surface area contributed by atoms with E-state index in [0.717, 1.165) is 19.3 Å². The Hall–Kier alpha value is -0.343. The summed E-state index contributed by atoms with van der Waals surface area (Å²) in [6.45, 7) is 16.8. The van der Waals surface area contributed by atoms with Crippen LogP contribution in [0.3, 0.4) is 0 Å². The summed E-state index contributed by atoms with van der Waals surface area (Å²) in [5, 5.41) is 0. The van der Waals surface area contributed by atoms with Gasteiger partial charge >= 0.3 is 0 Å². The number of unbranched alkanes of at least 4 members (excludes halogenated alkanes) is 1. The first-order valence-electron chi connectivity index (χ1n) is 6.99. The molecule has 0 aliphatic heterocycles. The van der Waals surface area contributed by atoms with Gasteiger partial charge in [-0.1, -0.05) is 39.0 Å². The van der Waals surface area contributed by atoms with E-state index in [9.17, 15) is 0 Å². The van der Waals surface area contributed by atoms with E-state index < -0.39 is 8.32 Å². The average Bonchev–Trinajstić information content (AvgIpc) is 2.34. The van der Waals surface area contributed by atoms with Gasteiger partial charge in [-0.15, -0.1) is 6.58 Å². The second kappa shape index (κ2) is 8.70. The molecule has 0 rings (SSSR count). The highest BCUT2D eigenvalue weighted by Crippen LogP contribution is 2.27. The van der Waals surface area contributed by atoms with E-state index >= 15 is 0 Å². The van der Waals surface area contributed by atoms with Crippen LogP contribution in [-0.2, 0) is 4.43 Å². The topological polar surface area (TPSA) is 9.23 Å². The van der Waals surface area contributed by atoms with E-state index in [0.29, 0.717) is 0 Å². The second-order valence-corrected chi connectivity index (χ2v) is 9.64. The van der Waals surface area contributed by atoms with Crippen LogP contribution >= 0.6 is 0 Å². The van der Waals surface area contributed by atoms with Crippen LogP contribution in [0.2, 0.25) is 18.1 Å². The minimum atomic E-state index is -1.49. The zero-order valence-corrected chi connectivity index (χ0v) is 13.2. The molecule has 1 atom stereocenters. The molecular weight excluding hydrogens is 224 g/mol. The van der Waals surface area contributed by atoms with Crippen LogP contribution in [0.15, 0.2) is 24.8 Å². The molecule has 0 saturated heterocycles. The summed E-state index contributed by atoms with van der Waals surface area (Å²) >= 11 is 0. The van der Waals surface area contributed by atoms with Crippen molar-refractivity contribution in [3.05, 3.63) is 24.8 Å². The monoisotopic (exact) mass is 254 g/mol. The largest absolute Gasteiger partial charge is 0.410 e. The lowest BCUT2D eigenvalue weighted by molar-refractivity contribution is 0.208. The number of hydrogen-bond donors (Lipinski definition) is 0. The standard InChI is InChI=1S/C15H30OSi/c1-7-11-12-13-15(14(5)6)16-17(8-2,9-3)10-4/h7,15H,1,5,8-13H2,2-4,6H3/t15-/m0/s1. The van der Waals surface area contributed by atoms with Gasteiger partial charge in [0.1, 0.15) is 0 Å². The van der Waals surface area contributed by atoms with E-state index in [-0.39, 0.29) is 6.10 Å². The Morgan fingerprint density at radius 3 is 2.12 bits per heavy atom. The third-order valence-corrected chi connectivity index (χ3v) is 8.40. The molecule has 0 fully saturated rings. The van der Waals surface area contributed by atoms with Crippen molar-refractivity contribution in [2.75, 3.05) is 0 Å². The zero-order chi connectivity index (χ0) is 13.3. The first kappa shape index (κ1) is 16.7. The van der Waals surface area contributed by atoms with Crippen molar-refractivity contribution in [3.8, 4) is 0 Å². The highest BCUT2D eigenvalue weighted by molar-refractivity contribution is 6.73. The highest BCUT2D eigenvalue weighted by atomic mass is 28.4. The molecule has 0 heterocycles. The van der Waals surface area contributed by atoms with Crippen LogP contribution in [0.25, 0.3) is 0 Å². The van der Waals surface area contributed by atoms with Crippen molar-refractivity contribution in [3.63, 3.8) is 0 Å². The summed E-state index contributed by atoms with van der Waals surface area (Å²) in [5.74, 6) is 0. The molecule has 100 valence electrons. The lowest BCUT2D eigenvalue weighted by Gasteiger charge is -2.33. The maximum atomic E-state index is 6.50. The molecule has 0 bridgehead atoms. The third kappa shape index (κ3) is 5.69. The molecule has 17 heavy (non-hydrogen) atoms. The number of rotatable bonds is 10. The molecule has 0 N–H and O–H groups in total. The van der Waals surface area contributed by atoms with Gasteiger partial charge in [-0.2, -0.15) is 0 Å². The van der Waals surface area contributed by atoms with Crippen LogP contribution in [0.5, 0.6) is 0 Å². The van der Waals surface area contributed by atoms with E-state index in [1.807, 2.05) is 6.08 Å². The van der Waals surface area contributed by atoms with Gasteiger partial charge < -0.3 is 4.43 Å². The van der Waals surface area contributed by atoms with Crippen molar-refractivity contribution in [2.24, 2.45) is 0 Å². The SMILES string of the molecule is C=CCCC[C@H](O[Si](CC)(CC)CC)C(=C)C. The summed E-state index contributed by atoms with van der Waals surface area (Å²) in [6, 6.07) is 3.64. The molecule has 2 heteroatoms. The Balaban J connectivity index is 4.49. The molecule has 1 nitrogen and oxygen atoms in total.